The molecule has 164 valence electrons. The van der Waals surface area contributed by atoms with Gasteiger partial charge in [0.15, 0.2) is 5.82 Å². The average Bonchev–Trinajstić information content (AvgIpc) is 3.23. The minimum absolute atomic E-state index is 0.0858. The number of hydrogen-bond acceptors (Lipinski definition) is 6. The molecule has 0 spiro atoms. The van der Waals surface area contributed by atoms with Crippen LogP contribution in [0.2, 0.25) is 0 Å². The van der Waals surface area contributed by atoms with Crippen molar-refractivity contribution in [3.05, 3.63) is 17.6 Å². The highest BCUT2D eigenvalue weighted by molar-refractivity contribution is 8.25. The van der Waals surface area contributed by atoms with Crippen LogP contribution in [0.5, 0.6) is 0 Å². The Labute approximate surface area is 174 Å². The lowest BCUT2D eigenvalue weighted by Crippen LogP contribution is -2.33. The predicted octanol–water partition coefficient (Wildman–Crippen LogP) is 4.04. The largest absolute Gasteiger partial charge is 0.393 e. The second-order valence-corrected chi connectivity index (χ2v) is 12.5. The maximum absolute atomic E-state index is 11.0. The number of hydrogen-bond donors (Lipinski definition) is 4. The van der Waals surface area contributed by atoms with E-state index in [0.29, 0.717) is 17.4 Å². The van der Waals surface area contributed by atoms with Gasteiger partial charge in [-0.05, 0) is 51.5 Å². The predicted molar refractivity (Wildman–Crippen MR) is 116 cm³/mol. The summed E-state index contributed by atoms with van der Waals surface area (Å²) < 4.78 is 22.9. The SMILES string of the molecule is Cn1nc(C(C)(C)C)cc1-c1n[nH]c(C(C)(C)S(O)(O)CC2CCC(O)CC2)n1. The Bertz CT molecular complexity index is 845. The molecule has 0 atom stereocenters. The van der Waals surface area contributed by atoms with Gasteiger partial charge in [0.1, 0.15) is 16.3 Å². The Morgan fingerprint density at radius 2 is 1.76 bits per heavy atom. The van der Waals surface area contributed by atoms with Gasteiger partial charge >= 0.3 is 0 Å². The highest BCUT2D eigenvalue weighted by atomic mass is 32.3. The average molecular weight is 426 g/mol. The number of aromatic nitrogens is 5. The van der Waals surface area contributed by atoms with Gasteiger partial charge in [0.2, 0.25) is 0 Å². The van der Waals surface area contributed by atoms with Crippen LogP contribution >= 0.6 is 10.6 Å². The highest BCUT2D eigenvalue weighted by Crippen LogP contribution is 2.59. The Hall–Kier alpha value is -1.42. The van der Waals surface area contributed by atoms with Crippen molar-refractivity contribution < 1.29 is 14.2 Å². The van der Waals surface area contributed by atoms with Crippen molar-refractivity contribution in [1.82, 2.24) is 25.0 Å². The number of aryl methyl sites for hydroxylation is 1. The molecule has 1 aliphatic rings. The minimum atomic E-state index is -2.96. The van der Waals surface area contributed by atoms with Crippen molar-refractivity contribution in [3.8, 4) is 11.5 Å². The topological polar surface area (TPSA) is 120 Å². The Balaban J connectivity index is 1.82. The summed E-state index contributed by atoms with van der Waals surface area (Å²) in [5.74, 6) is 1.48. The van der Waals surface area contributed by atoms with Crippen LogP contribution in [0.25, 0.3) is 11.5 Å². The first kappa shape index (κ1) is 22.3. The summed E-state index contributed by atoms with van der Waals surface area (Å²) in [5.41, 5.74) is 1.65. The van der Waals surface area contributed by atoms with Gasteiger partial charge in [-0.15, -0.1) is 0 Å². The summed E-state index contributed by atoms with van der Waals surface area (Å²) in [6.07, 6.45) is 2.83. The van der Waals surface area contributed by atoms with Gasteiger partial charge in [-0.1, -0.05) is 20.8 Å². The number of nitrogens with zero attached hydrogens (tertiary/aromatic N) is 4. The first-order valence-electron chi connectivity index (χ1n) is 10.2. The molecule has 3 rings (SSSR count). The van der Waals surface area contributed by atoms with E-state index in [9.17, 15) is 14.2 Å². The highest BCUT2D eigenvalue weighted by Gasteiger charge is 2.41. The summed E-state index contributed by atoms with van der Waals surface area (Å²) in [5, 5.41) is 21.5. The molecular formula is C20H35N5O3S. The molecule has 0 bridgehead atoms. The summed E-state index contributed by atoms with van der Waals surface area (Å²) in [6, 6.07) is 1.98. The molecule has 1 saturated carbocycles. The molecular weight excluding hydrogens is 390 g/mol. The third-order valence-electron chi connectivity index (χ3n) is 6.03. The first-order valence-corrected chi connectivity index (χ1v) is 11.9. The van der Waals surface area contributed by atoms with Crippen LogP contribution in [0, 0.1) is 5.92 Å². The van der Waals surface area contributed by atoms with Gasteiger partial charge in [-0.25, -0.2) is 4.98 Å². The van der Waals surface area contributed by atoms with E-state index in [2.05, 4.69) is 41.1 Å². The molecule has 29 heavy (non-hydrogen) atoms. The molecule has 0 radical (unpaired) electrons. The van der Waals surface area contributed by atoms with Crippen molar-refractivity contribution in [2.24, 2.45) is 13.0 Å². The lowest BCUT2D eigenvalue weighted by molar-refractivity contribution is 0.112. The second kappa shape index (κ2) is 7.68. The molecule has 2 aromatic heterocycles. The van der Waals surface area contributed by atoms with E-state index in [4.69, 9.17) is 0 Å². The molecule has 4 N–H and O–H groups in total. The van der Waals surface area contributed by atoms with Crippen molar-refractivity contribution in [1.29, 1.82) is 0 Å². The fourth-order valence-electron chi connectivity index (χ4n) is 3.69. The zero-order valence-electron chi connectivity index (χ0n) is 18.3. The Morgan fingerprint density at radius 1 is 1.14 bits per heavy atom. The van der Waals surface area contributed by atoms with E-state index in [1.165, 1.54) is 0 Å². The van der Waals surface area contributed by atoms with Crippen LogP contribution in [0.15, 0.2) is 6.07 Å². The Morgan fingerprint density at radius 3 is 2.31 bits per heavy atom. The quantitative estimate of drug-likeness (QED) is 0.574. The van der Waals surface area contributed by atoms with Crippen LogP contribution < -0.4 is 0 Å². The Kier molecular flexibility index (Phi) is 5.90. The smallest absolute Gasteiger partial charge is 0.199 e. The first-order chi connectivity index (χ1) is 13.3. The summed E-state index contributed by atoms with van der Waals surface area (Å²) in [6.45, 7) is 9.91. The van der Waals surface area contributed by atoms with Crippen molar-refractivity contribution in [2.75, 3.05) is 5.75 Å². The molecule has 8 nitrogen and oxygen atoms in total. The fraction of sp³-hybridized carbons (Fsp3) is 0.750. The van der Waals surface area contributed by atoms with Crippen LogP contribution in [0.4, 0.5) is 0 Å². The molecule has 1 aliphatic carbocycles. The standard InChI is InChI=1S/C20H35N5O3S/c1-19(2,3)16-11-15(25(6)24-16)17-21-18(23-22-17)20(4,5)29(27,28)12-13-7-9-14(26)10-8-13/h11,13-14,26-28H,7-10,12H2,1-6H3,(H,21,22,23). The normalized spacial score (nSPS) is 22.1. The third-order valence-corrected chi connectivity index (χ3v) is 8.80. The molecule has 1 fully saturated rings. The van der Waals surface area contributed by atoms with Gasteiger partial charge in [0.25, 0.3) is 0 Å². The van der Waals surface area contributed by atoms with Crippen LogP contribution in [-0.2, 0) is 17.2 Å². The molecule has 0 saturated heterocycles. The zero-order valence-corrected chi connectivity index (χ0v) is 19.1. The van der Waals surface area contributed by atoms with E-state index >= 15 is 0 Å². The number of nitrogens with one attached hydrogen (secondary N) is 1. The van der Waals surface area contributed by atoms with Crippen LogP contribution in [0.3, 0.4) is 0 Å². The molecule has 2 aromatic rings. The molecule has 2 heterocycles. The van der Waals surface area contributed by atoms with E-state index < -0.39 is 15.3 Å². The molecule has 0 aromatic carbocycles. The van der Waals surface area contributed by atoms with Gasteiger partial charge < -0.3 is 5.11 Å². The monoisotopic (exact) mass is 425 g/mol. The lowest BCUT2D eigenvalue weighted by atomic mass is 9.89. The van der Waals surface area contributed by atoms with Crippen LogP contribution in [-0.4, -0.2) is 51.0 Å². The minimum Gasteiger partial charge on any atom is -0.393 e. The van der Waals surface area contributed by atoms with Crippen molar-refractivity contribution in [2.45, 2.75) is 76.6 Å². The third kappa shape index (κ3) is 4.52. The molecule has 0 aliphatic heterocycles. The molecule has 0 unspecified atom stereocenters. The lowest BCUT2D eigenvalue weighted by Gasteiger charge is -2.47. The van der Waals surface area contributed by atoms with E-state index in [0.717, 1.165) is 37.1 Å². The second-order valence-electron chi connectivity index (χ2n) is 9.81. The number of aliphatic hydroxyl groups is 1. The van der Waals surface area contributed by atoms with Crippen molar-refractivity contribution in [3.63, 3.8) is 0 Å². The fourth-order valence-corrected chi connectivity index (χ4v) is 5.50. The van der Waals surface area contributed by atoms with Gasteiger partial charge in [-0.2, -0.15) is 20.8 Å². The van der Waals surface area contributed by atoms with Gasteiger partial charge in [-0.3, -0.25) is 18.9 Å². The van der Waals surface area contributed by atoms with E-state index in [-0.39, 0.29) is 17.4 Å². The van der Waals surface area contributed by atoms with Gasteiger partial charge in [0.05, 0.1) is 11.8 Å². The van der Waals surface area contributed by atoms with E-state index in [1.54, 1.807) is 18.5 Å². The number of H-pyrrole nitrogens is 1. The van der Waals surface area contributed by atoms with Crippen LogP contribution in [0.1, 0.15) is 71.8 Å². The van der Waals surface area contributed by atoms with Crippen molar-refractivity contribution >= 4 is 10.6 Å². The van der Waals surface area contributed by atoms with Gasteiger partial charge in [0, 0.05) is 18.2 Å². The number of rotatable bonds is 5. The summed E-state index contributed by atoms with van der Waals surface area (Å²) in [4.78, 5) is 4.61. The zero-order chi connectivity index (χ0) is 21.6. The molecule has 9 heteroatoms. The summed E-state index contributed by atoms with van der Waals surface area (Å²) in [7, 11) is -1.11. The molecule has 0 amide bonds. The maximum Gasteiger partial charge on any atom is 0.199 e. The summed E-state index contributed by atoms with van der Waals surface area (Å²) >= 11 is 0. The maximum atomic E-state index is 11.0. The number of aromatic amines is 1. The number of aliphatic hydroxyl groups excluding tert-OH is 1. The van der Waals surface area contributed by atoms with E-state index in [1.807, 2.05) is 13.1 Å².